The van der Waals surface area contributed by atoms with Gasteiger partial charge in [0.25, 0.3) is 0 Å². The number of benzene rings is 1. The second-order valence-corrected chi connectivity index (χ2v) is 4.90. The number of aliphatic hydroxyl groups is 1. The van der Waals surface area contributed by atoms with Crippen LogP contribution in [0.1, 0.15) is 24.5 Å². The highest BCUT2D eigenvalue weighted by Crippen LogP contribution is 2.31. The number of ether oxygens (including phenoxy) is 1. The smallest absolute Gasteiger partial charge is 0.0828 e. The third kappa shape index (κ3) is 2.80. The zero-order chi connectivity index (χ0) is 10.7. The van der Waals surface area contributed by atoms with E-state index in [1.165, 1.54) is 5.56 Å². The lowest BCUT2D eigenvalue weighted by Gasteiger charge is -2.28. The Hall–Kier alpha value is -0.380. The van der Waals surface area contributed by atoms with E-state index in [-0.39, 0.29) is 12.7 Å². The summed E-state index contributed by atoms with van der Waals surface area (Å²) < 4.78 is 6.79. The highest BCUT2D eigenvalue weighted by atomic mass is 79.9. The summed E-state index contributed by atoms with van der Waals surface area (Å²) >= 11 is 3.41. The van der Waals surface area contributed by atoms with Crippen LogP contribution in [0.15, 0.2) is 28.7 Å². The second kappa shape index (κ2) is 5.10. The van der Waals surface area contributed by atoms with E-state index in [1.54, 1.807) is 0 Å². The largest absolute Gasteiger partial charge is 0.396 e. The average Bonchev–Trinajstić information content (AvgIpc) is 2.30. The van der Waals surface area contributed by atoms with Crippen molar-refractivity contribution in [1.82, 2.24) is 0 Å². The summed E-state index contributed by atoms with van der Waals surface area (Å²) in [6.45, 7) is 1.03. The van der Waals surface area contributed by atoms with Crippen LogP contribution in [0.4, 0.5) is 0 Å². The Labute approximate surface area is 98.4 Å². The minimum Gasteiger partial charge on any atom is -0.396 e. The minimum atomic E-state index is 0.156. The monoisotopic (exact) mass is 270 g/mol. The van der Waals surface area contributed by atoms with Crippen molar-refractivity contribution in [3.05, 3.63) is 34.3 Å². The van der Waals surface area contributed by atoms with Crippen LogP contribution in [0.3, 0.4) is 0 Å². The van der Waals surface area contributed by atoms with E-state index < -0.39 is 0 Å². The summed E-state index contributed by atoms with van der Waals surface area (Å²) in [5.41, 5.74) is 1.20. The lowest BCUT2D eigenvalue weighted by atomic mass is 9.93. The fraction of sp³-hybridized carbons (Fsp3) is 0.500. The van der Waals surface area contributed by atoms with Crippen LogP contribution in [-0.4, -0.2) is 18.3 Å². The quantitative estimate of drug-likeness (QED) is 0.896. The van der Waals surface area contributed by atoms with Gasteiger partial charge >= 0.3 is 0 Å². The summed E-state index contributed by atoms with van der Waals surface area (Å²) in [6.07, 6.45) is 2.06. The van der Waals surface area contributed by atoms with E-state index in [1.807, 2.05) is 12.1 Å². The molecule has 0 aromatic heterocycles. The maximum atomic E-state index is 9.14. The molecule has 1 aliphatic rings. The van der Waals surface area contributed by atoms with Crippen molar-refractivity contribution in [2.45, 2.75) is 18.9 Å². The van der Waals surface area contributed by atoms with E-state index in [0.717, 1.165) is 23.9 Å². The zero-order valence-corrected chi connectivity index (χ0v) is 10.1. The van der Waals surface area contributed by atoms with Crippen molar-refractivity contribution in [3.63, 3.8) is 0 Å². The van der Waals surface area contributed by atoms with Gasteiger partial charge in [0, 0.05) is 17.7 Å². The highest BCUT2D eigenvalue weighted by Gasteiger charge is 2.23. The third-order valence-electron chi connectivity index (χ3n) is 2.89. The van der Waals surface area contributed by atoms with Gasteiger partial charge in [0.1, 0.15) is 0 Å². The van der Waals surface area contributed by atoms with Gasteiger partial charge in [-0.1, -0.05) is 28.1 Å². The van der Waals surface area contributed by atoms with E-state index in [2.05, 4.69) is 28.1 Å². The highest BCUT2D eigenvalue weighted by molar-refractivity contribution is 9.10. The number of halogens is 1. The van der Waals surface area contributed by atoms with Gasteiger partial charge in [-0.2, -0.15) is 0 Å². The molecular formula is C12H15BrO2. The minimum absolute atomic E-state index is 0.156. The molecule has 1 N–H and O–H groups in total. The van der Waals surface area contributed by atoms with Crippen LogP contribution in [0, 0.1) is 5.92 Å². The summed E-state index contributed by atoms with van der Waals surface area (Å²) in [6, 6.07) is 8.21. The maximum Gasteiger partial charge on any atom is 0.0828 e. The summed E-state index contributed by atoms with van der Waals surface area (Å²) in [5.74, 6) is 0.396. The molecule has 0 aliphatic carbocycles. The molecular weight excluding hydrogens is 256 g/mol. The Morgan fingerprint density at radius 1 is 1.33 bits per heavy atom. The van der Waals surface area contributed by atoms with Crippen LogP contribution in [0.2, 0.25) is 0 Å². The third-order valence-corrected chi connectivity index (χ3v) is 3.42. The molecule has 1 aliphatic heterocycles. The molecule has 0 amide bonds. The predicted molar refractivity (Wildman–Crippen MR) is 62.6 cm³/mol. The second-order valence-electron chi connectivity index (χ2n) is 3.98. The molecule has 0 unspecified atom stereocenters. The van der Waals surface area contributed by atoms with Gasteiger partial charge in [-0.05, 0) is 36.5 Å². The molecule has 0 bridgehead atoms. The van der Waals surface area contributed by atoms with Crippen molar-refractivity contribution in [3.8, 4) is 0 Å². The van der Waals surface area contributed by atoms with Crippen molar-refractivity contribution >= 4 is 15.9 Å². The first-order valence-electron chi connectivity index (χ1n) is 5.27. The molecule has 0 saturated carbocycles. The van der Waals surface area contributed by atoms with Crippen LogP contribution in [0.25, 0.3) is 0 Å². The van der Waals surface area contributed by atoms with Gasteiger partial charge < -0.3 is 9.84 Å². The summed E-state index contributed by atoms with van der Waals surface area (Å²) in [5, 5.41) is 9.14. The molecule has 1 aromatic carbocycles. The first-order valence-corrected chi connectivity index (χ1v) is 6.07. The van der Waals surface area contributed by atoms with E-state index in [0.29, 0.717) is 5.92 Å². The molecule has 1 saturated heterocycles. The molecule has 2 rings (SSSR count). The Morgan fingerprint density at radius 3 is 2.73 bits per heavy atom. The lowest BCUT2D eigenvalue weighted by Crippen LogP contribution is -2.22. The number of hydrogen-bond acceptors (Lipinski definition) is 2. The zero-order valence-electron chi connectivity index (χ0n) is 8.53. The molecule has 1 heterocycles. The van der Waals surface area contributed by atoms with Crippen LogP contribution in [-0.2, 0) is 4.74 Å². The van der Waals surface area contributed by atoms with Crippen molar-refractivity contribution in [2.75, 3.05) is 13.2 Å². The Balaban J connectivity index is 2.06. The van der Waals surface area contributed by atoms with E-state index >= 15 is 0 Å². The first-order chi connectivity index (χ1) is 7.29. The molecule has 1 fully saturated rings. The Bertz CT molecular complexity index is 310. The van der Waals surface area contributed by atoms with Crippen LogP contribution < -0.4 is 0 Å². The maximum absolute atomic E-state index is 9.14. The SMILES string of the molecule is OC[C@H]1CCO[C@@H](c2ccc(Br)cc2)C1. The van der Waals surface area contributed by atoms with Crippen molar-refractivity contribution < 1.29 is 9.84 Å². The Kier molecular flexibility index (Phi) is 3.78. The summed E-state index contributed by atoms with van der Waals surface area (Å²) in [4.78, 5) is 0. The molecule has 2 nitrogen and oxygen atoms in total. The van der Waals surface area contributed by atoms with Crippen LogP contribution >= 0.6 is 15.9 Å². The van der Waals surface area contributed by atoms with Crippen molar-refractivity contribution in [1.29, 1.82) is 0 Å². The number of hydrogen-bond donors (Lipinski definition) is 1. The predicted octanol–water partition coefficient (Wildman–Crippen LogP) is 2.91. The van der Waals surface area contributed by atoms with E-state index in [9.17, 15) is 0 Å². The number of aliphatic hydroxyl groups excluding tert-OH is 1. The van der Waals surface area contributed by atoms with Crippen molar-refractivity contribution in [2.24, 2.45) is 5.92 Å². The molecule has 82 valence electrons. The fourth-order valence-electron chi connectivity index (χ4n) is 1.94. The lowest BCUT2D eigenvalue weighted by molar-refractivity contribution is -0.0226. The first kappa shape index (κ1) is 11.1. The molecule has 3 heteroatoms. The standard InChI is InChI=1S/C12H15BrO2/c13-11-3-1-10(2-4-11)12-7-9(8-14)5-6-15-12/h1-4,9,12,14H,5-8H2/t9-,12+/m0/s1. The summed E-state index contributed by atoms with van der Waals surface area (Å²) in [7, 11) is 0. The molecule has 15 heavy (non-hydrogen) atoms. The molecule has 0 spiro atoms. The molecule has 2 atom stereocenters. The Morgan fingerprint density at radius 2 is 2.07 bits per heavy atom. The topological polar surface area (TPSA) is 29.5 Å². The number of rotatable bonds is 2. The van der Waals surface area contributed by atoms with Gasteiger partial charge in [0.2, 0.25) is 0 Å². The van der Waals surface area contributed by atoms with Gasteiger partial charge in [-0.3, -0.25) is 0 Å². The van der Waals surface area contributed by atoms with E-state index in [4.69, 9.17) is 9.84 Å². The molecule has 0 radical (unpaired) electrons. The normalized spacial score (nSPS) is 26.5. The molecule has 1 aromatic rings. The van der Waals surface area contributed by atoms with Crippen LogP contribution in [0.5, 0.6) is 0 Å². The van der Waals surface area contributed by atoms with Gasteiger partial charge in [-0.25, -0.2) is 0 Å². The van der Waals surface area contributed by atoms with Gasteiger partial charge in [0.05, 0.1) is 6.10 Å². The van der Waals surface area contributed by atoms with Gasteiger partial charge in [-0.15, -0.1) is 0 Å². The average molecular weight is 271 g/mol. The fourth-order valence-corrected chi connectivity index (χ4v) is 2.21. The van der Waals surface area contributed by atoms with Gasteiger partial charge in [0.15, 0.2) is 0 Å².